The molecule has 0 spiro atoms. The van der Waals surface area contributed by atoms with E-state index in [0.717, 1.165) is 22.2 Å². The van der Waals surface area contributed by atoms with Crippen LogP contribution in [0, 0.1) is 6.92 Å². The Labute approximate surface area is 101 Å². The molecule has 0 aliphatic carbocycles. The lowest BCUT2D eigenvalue weighted by molar-refractivity contribution is 0.870. The van der Waals surface area contributed by atoms with Crippen molar-refractivity contribution in [1.29, 1.82) is 0 Å². The Hall–Kier alpha value is -0.920. The summed E-state index contributed by atoms with van der Waals surface area (Å²) in [7, 11) is 0. The first-order valence-electron chi connectivity index (χ1n) is 4.85. The van der Waals surface area contributed by atoms with Gasteiger partial charge in [-0.15, -0.1) is 0 Å². The van der Waals surface area contributed by atoms with Gasteiger partial charge in [0.05, 0.1) is 0 Å². The molecule has 0 atom stereocenters. The lowest BCUT2D eigenvalue weighted by Crippen LogP contribution is -2.14. The Bertz CT molecular complexity index is 548. The van der Waals surface area contributed by atoms with E-state index in [4.69, 9.17) is 5.73 Å². The molecule has 0 amide bonds. The Morgan fingerprint density at radius 1 is 1.62 bits per heavy atom. The summed E-state index contributed by atoms with van der Waals surface area (Å²) >= 11 is 3.17. The van der Waals surface area contributed by atoms with Crippen molar-refractivity contribution in [3.05, 3.63) is 27.1 Å². The first kappa shape index (κ1) is 11.6. The zero-order valence-electron chi connectivity index (χ0n) is 8.84. The summed E-state index contributed by atoms with van der Waals surface area (Å²) in [4.78, 5) is 16.5. The van der Waals surface area contributed by atoms with Crippen molar-refractivity contribution in [1.82, 2.24) is 14.6 Å². The Morgan fingerprint density at radius 2 is 2.44 bits per heavy atom. The zero-order valence-corrected chi connectivity index (χ0v) is 10.5. The smallest absolute Gasteiger partial charge is 0.275 e. The van der Waals surface area contributed by atoms with Gasteiger partial charge in [0.1, 0.15) is 5.01 Å². The van der Waals surface area contributed by atoms with Crippen LogP contribution in [0.2, 0.25) is 0 Å². The molecule has 0 aliphatic rings. The number of thioether (sulfide) groups is 1. The molecule has 2 aromatic heterocycles. The molecular weight excluding hydrogens is 244 g/mol. The largest absolute Gasteiger partial charge is 0.330 e. The minimum absolute atomic E-state index is 0.117. The number of aryl methyl sites for hydroxylation is 1. The minimum Gasteiger partial charge on any atom is -0.330 e. The van der Waals surface area contributed by atoms with Crippen LogP contribution in [0.3, 0.4) is 0 Å². The molecule has 86 valence electrons. The summed E-state index contributed by atoms with van der Waals surface area (Å²) in [6, 6.07) is 1.49. The highest BCUT2D eigenvalue weighted by atomic mass is 32.2. The monoisotopic (exact) mass is 256 g/mol. The maximum atomic E-state index is 11.6. The maximum Gasteiger partial charge on any atom is 0.275 e. The summed E-state index contributed by atoms with van der Waals surface area (Å²) in [6.45, 7) is 2.47. The number of hydrogen-bond donors (Lipinski definition) is 1. The van der Waals surface area contributed by atoms with Crippen LogP contribution in [0.1, 0.15) is 10.7 Å². The third kappa shape index (κ3) is 2.42. The van der Waals surface area contributed by atoms with Crippen LogP contribution in [0.4, 0.5) is 0 Å². The van der Waals surface area contributed by atoms with Crippen LogP contribution >= 0.6 is 23.1 Å². The lowest BCUT2D eigenvalue weighted by atomic mass is 10.5. The molecule has 0 saturated carbocycles. The Morgan fingerprint density at radius 3 is 3.19 bits per heavy atom. The summed E-state index contributed by atoms with van der Waals surface area (Å²) in [5.74, 6) is 1.68. The molecule has 0 fully saturated rings. The highest BCUT2D eigenvalue weighted by Crippen LogP contribution is 2.17. The van der Waals surface area contributed by atoms with Gasteiger partial charge < -0.3 is 5.73 Å². The van der Waals surface area contributed by atoms with E-state index in [1.54, 1.807) is 11.8 Å². The van der Waals surface area contributed by atoms with Gasteiger partial charge in [-0.3, -0.25) is 4.79 Å². The molecule has 2 aromatic rings. The van der Waals surface area contributed by atoms with Crippen LogP contribution in [0.25, 0.3) is 4.96 Å². The van der Waals surface area contributed by atoms with E-state index in [1.165, 1.54) is 21.9 Å². The number of hydrogen-bond acceptors (Lipinski definition) is 6. The Balaban J connectivity index is 2.29. The molecule has 0 saturated heterocycles. The predicted molar refractivity (Wildman–Crippen MR) is 67.1 cm³/mol. The van der Waals surface area contributed by atoms with Gasteiger partial charge >= 0.3 is 0 Å². The number of nitrogens with two attached hydrogens (primary N) is 1. The first-order chi connectivity index (χ1) is 7.70. The number of fused-ring (bicyclic) bond motifs is 1. The van der Waals surface area contributed by atoms with E-state index in [1.807, 2.05) is 6.92 Å². The molecule has 0 aromatic carbocycles. The molecule has 0 radical (unpaired) electrons. The van der Waals surface area contributed by atoms with E-state index in [9.17, 15) is 4.79 Å². The number of rotatable bonds is 4. The van der Waals surface area contributed by atoms with Crippen molar-refractivity contribution >= 4 is 28.1 Å². The van der Waals surface area contributed by atoms with E-state index >= 15 is 0 Å². The van der Waals surface area contributed by atoms with Crippen molar-refractivity contribution in [3.63, 3.8) is 0 Å². The molecule has 2 rings (SSSR count). The Kier molecular flexibility index (Phi) is 3.57. The lowest BCUT2D eigenvalue weighted by Gasteiger charge is -1.92. The average Bonchev–Trinajstić information content (AvgIpc) is 2.61. The number of aromatic nitrogens is 3. The molecule has 5 nitrogen and oxygen atoms in total. The van der Waals surface area contributed by atoms with Gasteiger partial charge in [0.2, 0.25) is 4.96 Å². The fourth-order valence-corrected chi connectivity index (χ4v) is 3.03. The van der Waals surface area contributed by atoms with Crippen LogP contribution in [-0.2, 0) is 5.75 Å². The molecule has 0 bridgehead atoms. The van der Waals surface area contributed by atoms with Gasteiger partial charge in [0.25, 0.3) is 5.56 Å². The van der Waals surface area contributed by atoms with Gasteiger partial charge in [0.15, 0.2) is 0 Å². The second-order valence-corrected chi connectivity index (χ2v) is 5.41. The van der Waals surface area contributed by atoms with Crippen LogP contribution in [-0.4, -0.2) is 26.9 Å². The van der Waals surface area contributed by atoms with Gasteiger partial charge in [-0.1, -0.05) is 11.3 Å². The molecular formula is C9H12N4OS2. The van der Waals surface area contributed by atoms with E-state index < -0.39 is 0 Å². The maximum absolute atomic E-state index is 11.6. The SMILES string of the molecule is Cc1cc(=O)n2nc(CSCCN)sc2n1. The predicted octanol–water partition coefficient (Wildman–Crippen LogP) is 0.651. The normalized spacial score (nSPS) is 11.1. The summed E-state index contributed by atoms with van der Waals surface area (Å²) in [6.07, 6.45) is 0. The fraction of sp³-hybridized carbons (Fsp3) is 0.444. The van der Waals surface area contributed by atoms with Gasteiger partial charge in [-0.2, -0.15) is 21.4 Å². The summed E-state index contributed by atoms with van der Waals surface area (Å²) in [5, 5.41) is 5.13. The average molecular weight is 256 g/mol. The van der Waals surface area contributed by atoms with Crippen molar-refractivity contribution in [2.24, 2.45) is 5.73 Å². The van der Waals surface area contributed by atoms with Crippen molar-refractivity contribution < 1.29 is 0 Å². The van der Waals surface area contributed by atoms with E-state index in [2.05, 4.69) is 10.1 Å². The second kappa shape index (κ2) is 4.94. The first-order valence-corrected chi connectivity index (χ1v) is 6.82. The van der Waals surface area contributed by atoms with Crippen molar-refractivity contribution in [2.45, 2.75) is 12.7 Å². The summed E-state index contributed by atoms with van der Waals surface area (Å²) in [5.41, 5.74) is 6.02. The highest BCUT2D eigenvalue weighted by molar-refractivity contribution is 7.98. The van der Waals surface area contributed by atoms with Crippen LogP contribution in [0.5, 0.6) is 0 Å². The van der Waals surface area contributed by atoms with Gasteiger partial charge in [0, 0.05) is 29.8 Å². The zero-order chi connectivity index (χ0) is 11.5. The minimum atomic E-state index is -0.117. The molecule has 2 N–H and O–H groups in total. The van der Waals surface area contributed by atoms with Gasteiger partial charge in [-0.25, -0.2) is 4.98 Å². The number of nitrogens with zero attached hydrogens (tertiary/aromatic N) is 3. The molecule has 0 unspecified atom stereocenters. The second-order valence-electron chi connectivity index (χ2n) is 3.27. The third-order valence-corrected chi connectivity index (χ3v) is 4.00. The fourth-order valence-electron chi connectivity index (χ4n) is 1.26. The van der Waals surface area contributed by atoms with E-state index in [0.29, 0.717) is 11.5 Å². The van der Waals surface area contributed by atoms with Crippen molar-refractivity contribution in [2.75, 3.05) is 12.3 Å². The van der Waals surface area contributed by atoms with Crippen LogP contribution in [0.15, 0.2) is 10.9 Å². The molecule has 2 heterocycles. The summed E-state index contributed by atoms with van der Waals surface area (Å²) < 4.78 is 1.36. The molecule has 7 heteroatoms. The van der Waals surface area contributed by atoms with Crippen molar-refractivity contribution in [3.8, 4) is 0 Å². The topological polar surface area (TPSA) is 73.3 Å². The molecule has 0 aliphatic heterocycles. The van der Waals surface area contributed by atoms with Gasteiger partial charge in [-0.05, 0) is 6.92 Å². The van der Waals surface area contributed by atoms with Crippen LogP contribution < -0.4 is 11.3 Å². The third-order valence-electron chi connectivity index (χ3n) is 1.90. The quantitative estimate of drug-likeness (QED) is 0.813. The van der Waals surface area contributed by atoms with E-state index in [-0.39, 0.29) is 5.56 Å². The standard InChI is InChI=1S/C9H12N4OS2/c1-6-4-8(14)13-9(11-6)16-7(12-13)5-15-3-2-10/h4H,2-3,5,10H2,1H3. The highest BCUT2D eigenvalue weighted by Gasteiger charge is 2.07. The molecule has 16 heavy (non-hydrogen) atoms.